The fourth-order valence-electron chi connectivity index (χ4n) is 10.2. The van der Waals surface area contributed by atoms with Crippen molar-refractivity contribution >= 4 is 44.6 Å². The number of ether oxygens (including phenoxy) is 2. The van der Waals surface area contributed by atoms with Crippen LogP contribution in [0.3, 0.4) is 0 Å². The van der Waals surface area contributed by atoms with Crippen molar-refractivity contribution in [3.8, 4) is 5.75 Å². The van der Waals surface area contributed by atoms with E-state index >= 15 is 4.39 Å². The number of hydrogen-bond donors (Lipinski definition) is 2. The summed E-state index contributed by atoms with van der Waals surface area (Å²) in [6.45, 7) is 1.69. The minimum absolute atomic E-state index is 0.0709. The zero-order chi connectivity index (χ0) is 40.2. The number of carbonyl (C=O) groups is 4. The van der Waals surface area contributed by atoms with Gasteiger partial charge in [-0.15, -0.1) is 0 Å². The number of ketones is 1. The molecule has 1 saturated heterocycles. The standard InChI is InChI=1S/C44H53FN4O8S/c1-41(18-19-41)58(54,55)48-39(52)43-22-28(43)8-5-3-2-4-6-11-32(46-40(53)57-44(20-21-44)27-14-15-27)38(51)49-25-42(23-33(49)34(50)24-43)17-16-30-29-9-7-10-31(45)36(29)47-35(26-12-13-26)37(30)56-42/h5,7-10,26-28,32-33H,2-4,6,11-25H2,1H3,(H,46,53)(H,48,52)/b8-5-/t28-,32-,33+,42-,43-/m1/s1. The van der Waals surface area contributed by atoms with Gasteiger partial charge in [-0.2, -0.15) is 0 Å². The Bertz CT molecular complexity index is 2250. The number of hydrogen-bond acceptors (Lipinski definition) is 9. The minimum atomic E-state index is -3.96. The first kappa shape index (κ1) is 38.2. The molecule has 6 fully saturated rings. The molecule has 14 heteroatoms. The van der Waals surface area contributed by atoms with Crippen molar-refractivity contribution in [1.29, 1.82) is 0 Å². The number of nitrogens with zero attached hydrogens (tertiary/aromatic N) is 2. The Labute approximate surface area is 338 Å². The molecule has 2 aromatic rings. The monoisotopic (exact) mass is 816 g/mol. The van der Waals surface area contributed by atoms with Gasteiger partial charge in [-0.3, -0.25) is 19.1 Å². The predicted molar refractivity (Wildman–Crippen MR) is 211 cm³/mol. The fraction of sp³-hybridized carbons (Fsp3) is 0.659. The van der Waals surface area contributed by atoms with Crippen molar-refractivity contribution in [2.45, 2.75) is 156 Å². The number of aryl methyl sites for hydroxylation is 1. The van der Waals surface area contributed by atoms with Gasteiger partial charge in [0.2, 0.25) is 21.8 Å². The molecule has 58 heavy (non-hydrogen) atoms. The van der Waals surface area contributed by atoms with E-state index in [1.807, 2.05) is 18.2 Å². The molecular weight excluding hydrogens is 764 g/mol. The highest BCUT2D eigenvalue weighted by Gasteiger charge is 2.64. The van der Waals surface area contributed by atoms with E-state index in [-0.39, 0.29) is 37.0 Å². The number of rotatable bonds is 7. The smallest absolute Gasteiger partial charge is 0.408 e. The molecule has 10 rings (SSSR count). The van der Waals surface area contributed by atoms with Crippen LogP contribution in [0.15, 0.2) is 30.4 Å². The van der Waals surface area contributed by atoms with E-state index in [0.29, 0.717) is 73.2 Å². The first-order chi connectivity index (χ1) is 27.7. The van der Waals surface area contributed by atoms with E-state index in [1.54, 1.807) is 17.9 Å². The van der Waals surface area contributed by atoms with Gasteiger partial charge in [-0.1, -0.05) is 37.1 Å². The van der Waals surface area contributed by atoms with E-state index < -0.39 is 67.2 Å². The molecule has 3 aliphatic heterocycles. The molecular formula is C44H53FN4O8S. The van der Waals surface area contributed by atoms with Crippen molar-refractivity contribution in [3.63, 3.8) is 0 Å². The summed E-state index contributed by atoms with van der Waals surface area (Å²) in [7, 11) is -3.96. The number of Topliss-reactive ketones (excluding diaryl/α,β-unsaturated/α-hetero) is 1. The average molecular weight is 817 g/mol. The second-order valence-corrected chi connectivity index (χ2v) is 21.4. The van der Waals surface area contributed by atoms with Gasteiger partial charge < -0.3 is 19.7 Å². The van der Waals surface area contributed by atoms with Gasteiger partial charge in [0, 0.05) is 29.7 Å². The number of nitrogens with one attached hydrogen (secondary N) is 2. The summed E-state index contributed by atoms with van der Waals surface area (Å²) >= 11 is 0. The maximum Gasteiger partial charge on any atom is 0.408 e. The Morgan fingerprint density at radius 2 is 1.79 bits per heavy atom. The molecule has 8 aliphatic rings. The summed E-state index contributed by atoms with van der Waals surface area (Å²) in [5.41, 5.74) is -0.811. The van der Waals surface area contributed by atoms with Gasteiger partial charge in [0.05, 0.1) is 28.4 Å². The molecule has 2 N–H and O–H groups in total. The van der Waals surface area contributed by atoms with Crippen LogP contribution in [0.5, 0.6) is 5.75 Å². The van der Waals surface area contributed by atoms with Crippen LogP contribution in [0.25, 0.3) is 10.9 Å². The summed E-state index contributed by atoms with van der Waals surface area (Å²) in [4.78, 5) is 63.8. The maximum atomic E-state index is 15.1. The number of sulfonamides is 1. The normalized spacial score (nSPS) is 33.1. The molecule has 12 nitrogen and oxygen atoms in total. The zero-order valence-electron chi connectivity index (χ0n) is 33.2. The number of amides is 3. The number of para-hydroxylation sites is 1. The molecule has 5 saturated carbocycles. The van der Waals surface area contributed by atoms with Crippen LogP contribution in [0, 0.1) is 23.1 Å². The van der Waals surface area contributed by atoms with Crippen molar-refractivity contribution in [2.75, 3.05) is 6.54 Å². The summed E-state index contributed by atoms with van der Waals surface area (Å²) in [6.07, 6.45) is 14.3. The number of aromatic nitrogens is 1. The van der Waals surface area contributed by atoms with E-state index in [1.165, 1.54) is 6.07 Å². The molecule has 1 aromatic heterocycles. The molecule has 0 unspecified atom stereocenters. The number of halogens is 1. The van der Waals surface area contributed by atoms with Crippen LogP contribution >= 0.6 is 0 Å². The minimum Gasteiger partial charge on any atom is -0.483 e. The van der Waals surface area contributed by atoms with Crippen LogP contribution in [-0.4, -0.2) is 76.6 Å². The molecule has 1 aromatic carbocycles. The van der Waals surface area contributed by atoms with E-state index in [9.17, 15) is 27.6 Å². The SMILES string of the molecule is CC1(S(=O)(=O)NC(=O)[C@]23CC(=O)[C@@H]4C[C@]5(CCc6c(c(C7CC7)nc7c(F)cccc67)O5)CN4C(=O)[C@H](NC(=O)OC4(C5CC5)CC4)CCCCC/C=C\[C@@H]2C3)CC1. The first-order valence-corrected chi connectivity index (χ1v) is 23.1. The summed E-state index contributed by atoms with van der Waals surface area (Å²) in [5.74, 6) is -1.05. The van der Waals surface area contributed by atoms with Gasteiger partial charge in [0.1, 0.15) is 34.3 Å². The van der Waals surface area contributed by atoms with E-state index in [0.717, 1.165) is 63.4 Å². The van der Waals surface area contributed by atoms with E-state index in [4.69, 9.17) is 14.5 Å². The number of alkyl carbamates (subject to hydrolysis) is 1. The second-order valence-electron chi connectivity index (χ2n) is 19.2. The van der Waals surface area contributed by atoms with Gasteiger partial charge in [0.15, 0.2) is 5.78 Å². The topological polar surface area (TPSA) is 161 Å². The molecule has 5 atom stereocenters. The Hall–Kier alpha value is -4.07. The Kier molecular flexibility index (Phi) is 8.86. The zero-order valence-corrected chi connectivity index (χ0v) is 34.0. The molecule has 310 valence electrons. The molecule has 4 heterocycles. The van der Waals surface area contributed by atoms with Crippen LogP contribution < -0.4 is 14.8 Å². The highest BCUT2D eigenvalue weighted by atomic mass is 32.2. The number of pyridine rings is 1. The van der Waals surface area contributed by atoms with E-state index in [2.05, 4.69) is 10.0 Å². The van der Waals surface area contributed by atoms with Crippen molar-refractivity contribution in [2.24, 2.45) is 17.3 Å². The Balaban J connectivity index is 0.988. The van der Waals surface area contributed by atoms with Crippen molar-refractivity contribution < 1.29 is 41.5 Å². The van der Waals surface area contributed by atoms with Crippen LogP contribution in [0.2, 0.25) is 0 Å². The number of carbonyl (C=O) groups excluding carboxylic acids is 4. The molecule has 3 amide bonds. The number of benzene rings is 1. The average Bonchev–Trinajstić information content (AvgIpc) is 3.94. The predicted octanol–water partition coefficient (Wildman–Crippen LogP) is 6.44. The lowest BCUT2D eigenvalue weighted by atomic mass is 9.85. The van der Waals surface area contributed by atoms with Gasteiger partial charge in [-0.25, -0.2) is 22.6 Å². The summed E-state index contributed by atoms with van der Waals surface area (Å²) in [6, 6.07) is 2.99. The van der Waals surface area contributed by atoms with Gasteiger partial charge >= 0.3 is 6.09 Å². The first-order valence-electron chi connectivity index (χ1n) is 21.6. The lowest BCUT2D eigenvalue weighted by Crippen LogP contribution is -2.53. The second kappa shape index (κ2) is 13.5. The third-order valence-corrected chi connectivity index (χ3v) is 17.0. The van der Waals surface area contributed by atoms with Crippen LogP contribution in [0.4, 0.5) is 9.18 Å². The Morgan fingerprint density at radius 1 is 1.00 bits per heavy atom. The fourth-order valence-corrected chi connectivity index (χ4v) is 11.5. The lowest BCUT2D eigenvalue weighted by molar-refractivity contribution is -0.140. The molecule has 5 aliphatic carbocycles. The Morgan fingerprint density at radius 3 is 2.52 bits per heavy atom. The number of allylic oxidation sites excluding steroid dienone is 2. The van der Waals surface area contributed by atoms with Crippen LogP contribution in [0.1, 0.15) is 133 Å². The molecule has 0 radical (unpaired) electrons. The lowest BCUT2D eigenvalue weighted by Gasteiger charge is -2.37. The van der Waals surface area contributed by atoms with Gasteiger partial charge in [-0.05, 0) is 115 Å². The summed E-state index contributed by atoms with van der Waals surface area (Å²) in [5, 5.41) is 3.61. The summed E-state index contributed by atoms with van der Waals surface area (Å²) < 4.78 is 56.1. The van der Waals surface area contributed by atoms with Crippen LogP contribution in [-0.2, 0) is 35.6 Å². The quantitative estimate of drug-likeness (QED) is 0.300. The van der Waals surface area contributed by atoms with Gasteiger partial charge in [0.25, 0.3) is 0 Å². The van der Waals surface area contributed by atoms with Crippen molar-refractivity contribution in [3.05, 3.63) is 47.4 Å². The highest BCUT2D eigenvalue weighted by Crippen LogP contribution is 2.59. The molecule has 0 bridgehead atoms. The third kappa shape index (κ3) is 6.69. The largest absolute Gasteiger partial charge is 0.483 e. The maximum absolute atomic E-state index is 15.1. The third-order valence-electron chi connectivity index (χ3n) is 14.8. The number of fused-ring (bicyclic) bond motifs is 5. The molecule has 1 spiro atoms. The highest BCUT2D eigenvalue weighted by molar-refractivity contribution is 7.91. The van der Waals surface area contributed by atoms with Crippen molar-refractivity contribution in [1.82, 2.24) is 19.9 Å².